The van der Waals surface area contributed by atoms with Crippen LogP contribution in [-0.4, -0.2) is 67.8 Å². The molecule has 3 aromatic rings. The van der Waals surface area contributed by atoms with Crippen LogP contribution < -0.4 is 14.4 Å². The van der Waals surface area contributed by atoms with Crippen LogP contribution in [0.5, 0.6) is 11.5 Å². The zero-order chi connectivity index (χ0) is 23.0. The summed E-state index contributed by atoms with van der Waals surface area (Å²) >= 11 is 6.33. The number of aromatic nitrogens is 2. The van der Waals surface area contributed by atoms with Gasteiger partial charge in [0.05, 0.1) is 30.2 Å². The Bertz CT molecular complexity index is 1230. The van der Waals surface area contributed by atoms with Crippen LogP contribution in [0.2, 0.25) is 5.02 Å². The second kappa shape index (κ2) is 8.80. The number of ether oxygens (including phenoxy) is 2. The molecule has 1 aromatic carbocycles. The molecule has 0 aliphatic carbocycles. The first-order valence-corrected chi connectivity index (χ1v) is 12.3. The van der Waals surface area contributed by atoms with Crippen molar-refractivity contribution in [3.05, 3.63) is 41.7 Å². The van der Waals surface area contributed by atoms with E-state index in [1.165, 1.54) is 0 Å². The largest absolute Gasteiger partial charge is 0.496 e. The minimum absolute atomic E-state index is 0.405. The quantitative estimate of drug-likeness (QED) is 0.539. The number of piperazine rings is 1. The van der Waals surface area contributed by atoms with Gasteiger partial charge in [-0.25, -0.2) is 13.4 Å². The minimum atomic E-state index is -3.22. The third-order valence-corrected chi connectivity index (χ3v) is 8.32. The lowest BCUT2D eigenvalue weighted by Gasteiger charge is -2.36. The second-order valence-corrected chi connectivity index (χ2v) is 10.8. The van der Waals surface area contributed by atoms with Crippen molar-refractivity contribution < 1.29 is 17.9 Å². The Morgan fingerprint density at radius 3 is 2.34 bits per heavy atom. The van der Waals surface area contributed by atoms with Gasteiger partial charge in [-0.1, -0.05) is 11.6 Å². The Labute approximate surface area is 193 Å². The van der Waals surface area contributed by atoms with Gasteiger partial charge in [0.1, 0.15) is 17.1 Å². The van der Waals surface area contributed by atoms with Gasteiger partial charge in [-0.3, -0.25) is 0 Å². The van der Waals surface area contributed by atoms with Crippen LogP contribution >= 0.6 is 11.6 Å². The number of anilines is 1. The highest BCUT2D eigenvalue weighted by Gasteiger charge is 2.29. The number of rotatable bonds is 6. The van der Waals surface area contributed by atoms with E-state index in [-0.39, 0.29) is 0 Å². The molecular weight excluding hydrogens is 452 g/mol. The Morgan fingerprint density at radius 2 is 1.72 bits per heavy atom. The fourth-order valence-corrected chi connectivity index (χ4v) is 5.37. The fraction of sp³-hybridized carbons (Fsp3) is 0.409. The smallest absolute Gasteiger partial charge is 0.216 e. The van der Waals surface area contributed by atoms with Crippen molar-refractivity contribution in [3.63, 3.8) is 0 Å². The van der Waals surface area contributed by atoms with Gasteiger partial charge in [0.2, 0.25) is 10.0 Å². The average molecular weight is 479 g/mol. The molecular formula is C22H27ClN4O4S. The molecule has 3 heterocycles. The lowest BCUT2D eigenvalue weighted by Crippen LogP contribution is -2.50. The third-order valence-electron chi connectivity index (χ3n) is 5.75. The Morgan fingerprint density at radius 1 is 1.03 bits per heavy atom. The summed E-state index contributed by atoms with van der Waals surface area (Å²) in [6.07, 6.45) is 3.88. The number of pyridine rings is 1. The van der Waals surface area contributed by atoms with Crippen molar-refractivity contribution in [2.24, 2.45) is 0 Å². The molecule has 10 heteroatoms. The van der Waals surface area contributed by atoms with Crippen LogP contribution in [0.3, 0.4) is 0 Å². The Hall–Kier alpha value is -2.49. The molecule has 32 heavy (non-hydrogen) atoms. The molecule has 172 valence electrons. The number of sulfonamides is 1. The molecule has 0 radical (unpaired) electrons. The number of nitrogens with zero attached hydrogens (tertiary/aromatic N) is 4. The van der Waals surface area contributed by atoms with E-state index < -0.39 is 15.3 Å². The van der Waals surface area contributed by atoms with Gasteiger partial charge < -0.3 is 18.8 Å². The van der Waals surface area contributed by atoms with Crippen LogP contribution in [0, 0.1) is 0 Å². The van der Waals surface area contributed by atoms with Gasteiger partial charge >= 0.3 is 0 Å². The summed E-state index contributed by atoms with van der Waals surface area (Å²) in [6.45, 7) is 5.67. The maximum Gasteiger partial charge on any atom is 0.216 e. The summed E-state index contributed by atoms with van der Waals surface area (Å²) in [7, 11) is -0.0674. The summed E-state index contributed by atoms with van der Waals surface area (Å²) in [4.78, 5) is 6.96. The normalized spacial score (nSPS) is 15.5. The highest BCUT2D eigenvalue weighted by atomic mass is 35.5. The summed E-state index contributed by atoms with van der Waals surface area (Å²) in [5, 5.41) is 0.0763. The van der Waals surface area contributed by atoms with Crippen LogP contribution in [0.15, 0.2) is 36.7 Å². The van der Waals surface area contributed by atoms with Crippen LogP contribution in [-0.2, 0) is 10.0 Å². The molecule has 4 rings (SSSR count). The van der Waals surface area contributed by atoms with E-state index in [1.54, 1.807) is 44.5 Å². The molecule has 0 atom stereocenters. The van der Waals surface area contributed by atoms with Gasteiger partial charge in [-0.15, -0.1) is 0 Å². The van der Waals surface area contributed by atoms with Crippen LogP contribution in [0.1, 0.15) is 13.8 Å². The zero-order valence-corrected chi connectivity index (χ0v) is 20.2. The fourth-order valence-electron chi connectivity index (χ4n) is 3.86. The third kappa shape index (κ3) is 4.12. The lowest BCUT2D eigenvalue weighted by molar-refractivity contribution is 0.381. The molecule has 1 aliphatic heterocycles. The topological polar surface area (TPSA) is 76.4 Å². The summed E-state index contributed by atoms with van der Waals surface area (Å²) in [6, 6.07) is 7.56. The summed E-state index contributed by atoms with van der Waals surface area (Å²) in [5.41, 5.74) is 3.30. The number of hydrogen-bond donors (Lipinski definition) is 0. The number of methoxy groups -OCH3 is 2. The van der Waals surface area contributed by atoms with Crippen LogP contribution in [0.25, 0.3) is 16.9 Å². The molecule has 0 unspecified atom stereocenters. The highest BCUT2D eigenvalue weighted by Crippen LogP contribution is 2.38. The predicted molar refractivity (Wildman–Crippen MR) is 127 cm³/mol. The number of imidazole rings is 1. The van der Waals surface area contributed by atoms with E-state index in [9.17, 15) is 8.42 Å². The summed E-state index contributed by atoms with van der Waals surface area (Å²) in [5.74, 6) is 1.16. The molecule has 2 aromatic heterocycles. The van der Waals surface area contributed by atoms with Gasteiger partial charge in [-0.2, -0.15) is 4.31 Å². The first-order valence-electron chi connectivity index (χ1n) is 10.4. The van der Waals surface area contributed by atoms with Gasteiger partial charge in [0.15, 0.2) is 0 Å². The van der Waals surface area contributed by atoms with E-state index in [0.29, 0.717) is 42.7 Å². The molecule has 8 nitrogen and oxygen atoms in total. The van der Waals surface area contributed by atoms with Gasteiger partial charge in [0.25, 0.3) is 0 Å². The highest BCUT2D eigenvalue weighted by molar-refractivity contribution is 7.89. The SMILES string of the molecule is COc1cc(OC)c(-c2cn3ccc(N4CCN(S(=O)(=O)C(C)C)CC4)cc3n2)cc1Cl. The maximum absolute atomic E-state index is 12.4. The average Bonchev–Trinajstić information content (AvgIpc) is 3.22. The molecule has 0 spiro atoms. The van der Waals surface area contributed by atoms with Gasteiger partial charge in [0, 0.05) is 62.0 Å². The van der Waals surface area contributed by atoms with Crippen molar-refractivity contribution in [1.29, 1.82) is 0 Å². The molecule has 1 fully saturated rings. The van der Waals surface area contributed by atoms with E-state index in [2.05, 4.69) is 4.90 Å². The second-order valence-electron chi connectivity index (χ2n) is 7.94. The van der Waals surface area contributed by atoms with E-state index in [1.807, 2.05) is 28.9 Å². The number of fused-ring (bicyclic) bond motifs is 1. The first kappa shape index (κ1) is 22.7. The van der Waals surface area contributed by atoms with Gasteiger partial charge in [-0.05, 0) is 26.0 Å². The minimum Gasteiger partial charge on any atom is -0.496 e. The zero-order valence-electron chi connectivity index (χ0n) is 18.6. The number of hydrogen-bond acceptors (Lipinski definition) is 6. The van der Waals surface area contributed by atoms with Crippen molar-refractivity contribution in [2.75, 3.05) is 45.3 Å². The molecule has 0 saturated carbocycles. The van der Waals surface area contributed by atoms with E-state index >= 15 is 0 Å². The Kier molecular flexibility index (Phi) is 6.24. The van der Waals surface area contributed by atoms with E-state index in [0.717, 1.165) is 22.6 Å². The maximum atomic E-state index is 12.4. The lowest BCUT2D eigenvalue weighted by atomic mass is 10.1. The number of halogens is 1. The molecule has 0 amide bonds. The summed E-state index contributed by atoms with van der Waals surface area (Å²) < 4.78 is 39.2. The molecule has 1 aliphatic rings. The molecule has 0 bridgehead atoms. The van der Waals surface area contributed by atoms with Crippen LogP contribution in [0.4, 0.5) is 5.69 Å². The standard InChI is InChI=1S/C22H27ClN4O4S/c1-15(2)32(28,29)27-9-7-25(8-10-27)16-5-6-26-14-19(24-22(26)11-16)17-12-18(23)21(31-4)13-20(17)30-3/h5-6,11-15H,7-10H2,1-4H3. The predicted octanol–water partition coefficient (Wildman–Crippen LogP) is 3.53. The number of benzene rings is 1. The van der Waals surface area contributed by atoms with Crippen molar-refractivity contribution in [1.82, 2.24) is 13.7 Å². The molecule has 0 N–H and O–H groups in total. The van der Waals surface area contributed by atoms with Crippen molar-refractivity contribution >= 4 is 33.0 Å². The first-order chi connectivity index (χ1) is 15.2. The van der Waals surface area contributed by atoms with Crippen molar-refractivity contribution in [2.45, 2.75) is 19.1 Å². The van der Waals surface area contributed by atoms with Crippen molar-refractivity contribution in [3.8, 4) is 22.8 Å². The molecule has 1 saturated heterocycles. The van der Waals surface area contributed by atoms with E-state index in [4.69, 9.17) is 26.1 Å². The monoisotopic (exact) mass is 478 g/mol. The Balaban J connectivity index is 1.59.